The predicted octanol–water partition coefficient (Wildman–Crippen LogP) is 3.32. The molecule has 0 fully saturated rings. The molecule has 0 aliphatic heterocycles. The Bertz CT molecular complexity index is 682. The number of rotatable bonds is 5. The molecule has 0 aliphatic rings. The third-order valence-corrected chi connectivity index (χ3v) is 3.69. The van der Waals surface area contributed by atoms with E-state index < -0.39 is 11.8 Å². The Morgan fingerprint density at radius 2 is 2.29 bits per heavy atom. The molecule has 1 aromatic carbocycles. The summed E-state index contributed by atoms with van der Waals surface area (Å²) in [6.45, 7) is 2.45. The van der Waals surface area contributed by atoms with Gasteiger partial charge in [-0.3, -0.25) is 0 Å². The number of aryl methyl sites for hydroxylation is 1. The summed E-state index contributed by atoms with van der Waals surface area (Å²) in [4.78, 5) is 16.6. The zero-order valence-corrected chi connectivity index (χ0v) is 12.5. The van der Waals surface area contributed by atoms with Gasteiger partial charge in [-0.2, -0.15) is 0 Å². The fourth-order valence-corrected chi connectivity index (χ4v) is 2.52. The molecule has 0 radical (unpaired) electrons. The maximum absolute atomic E-state index is 14.1. The van der Waals surface area contributed by atoms with Crippen molar-refractivity contribution < 1.29 is 14.3 Å². The van der Waals surface area contributed by atoms with Crippen molar-refractivity contribution in [2.45, 2.75) is 13.5 Å². The van der Waals surface area contributed by atoms with Gasteiger partial charge in [-0.05, 0) is 30.7 Å². The van der Waals surface area contributed by atoms with Crippen molar-refractivity contribution in [3.05, 3.63) is 51.7 Å². The van der Waals surface area contributed by atoms with Gasteiger partial charge in [-0.1, -0.05) is 6.07 Å². The number of thiazole rings is 1. The van der Waals surface area contributed by atoms with Crippen LogP contribution in [0.5, 0.6) is 0 Å². The molecule has 0 aliphatic carbocycles. The van der Waals surface area contributed by atoms with E-state index in [-0.39, 0.29) is 0 Å². The molecule has 0 atom stereocenters. The van der Waals surface area contributed by atoms with Crippen LogP contribution >= 0.6 is 11.3 Å². The predicted molar refractivity (Wildman–Crippen MR) is 82.0 cm³/mol. The number of anilines is 1. The van der Waals surface area contributed by atoms with E-state index in [9.17, 15) is 9.18 Å². The van der Waals surface area contributed by atoms with E-state index in [4.69, 9.17) is 5.11 Å². The minimum atomic E-state index is -1.06. The van der Waals surface area contributed by atoms with Gasteiger partial charge >= 0.3 is 5.97 Å². The minimum Gasteiger partial charge on any atom is -0.478 e. The highest BCUT2D eigenvalue weighted by atomic mass is 32.1. The molecule has 0 spiro atoms. The van der Waals surface area contributed by atoms with Crippen LogP contribution in [0.2, 0.25) is 0 Å². The summed E-state index contributed by atoms with van der Waals surface area (Å²) in [6.07, 6.45) is 2.34. The molecule has 4 nitrogen and oxygen atoms in total. The number of benzene rings is 1. The third-order valence-electron chi connectivity index (χ3n) is 2.87. The smallest absolute Gasteiger partial charge is 0.328 e. The number of aromatic nitrogens is 1. The Hall–Kier alpha value is -2.21. The zero-order valence-electron chi connectivity index (χ0n) is 11.7. The van der Waals surface area contributed by atoms with Gasteiger partial charge in [0.2, 0.25) is 0 Å². The second-order valence-corrected chi connectivity index (χ2v) is 5.66. The van der Waals surface area contributed by atoms with Crippen LogP contribution in [-0.4, -0.2) is 23.1 Å². The third kappa shape index (κ3) is 4.13. The summed E-state index contributed by atoms with van der Waals surface area (Å²) >= 11 is 1.56. The molecule has 110 valence electrons. The maximum Gasteiger partial charge on any atom is 0.328 e. The number of halogens is 1. The lowest BCUT2D eigenvalue weighted by Crippen LogP contribution is -2.18. The number of carboxylic acids is 1. The number of carboxylic acid groups (broad SMARTS) is 1. The average Bonchev–Trinajstić information content (AvgIpc) is 2.81. The summed E-state index contributed by atoms with van der Waals surface area (Å²) in [5.74, 6) is -1.45. The number of hydrogen-bond acceptors (Lipinski definition) is 4. The lowest BCUT2D eigenvalue weighted by atomic mass is 10.1. The topological polar surface area (TPSA) is 53.4 Å². The van der Waals surface area contributed by atoms with Gasteiger partial charge in [0.25, 0.3) is 0 Å². The zero-order chi connectivity index (χ0) is 15.4. The van der Waals surface area contributed by atoms with E-state index in [0.29, 0.717) is 17.8 Å². The number of hydrogen-bond donors (Lipinski definition) is 1. The minimum absolute atomic E-state index is 0.392. The quantitative estimate of drug-likeness (QED) is 0.861. The van der Waals surface area contributed by atoms with Gasteiger partial charge in [0.1, 0.15) is 5.82 Å². The first-order chi connectivity index (χ1) is 9.95. The van der Waals surface area contributed by atoms with Gasteiger partial charge in [0.05, 0.1) is 22.9 Å². The van der Waals surface area contributed by atoms with Crippen LogP contribution in [0, 0.1) is 12.7 Å². The first-order valence-corrected chi connectivity index (χ1v) is 7.16. The van der Waals surface area contributed by atoms with Gasteiger partial charge in [-0.25, -0.2) is 14.2 Å². The molecule has 21 heavy (non-hydrogen) atoms. The molecule has 2 aromatic rings. The molecule has 0 saturated carbocycles. The molecule has 0 bridgehead atoms. The van der Waals surface area contributed by atoms with Crippen LogP contribution in [0.4, 0.5) is 10.1 Å². The largest absolute Gasteiger partial charge is 0.478 e. The first-order valence-electron chi connectivity index (χ1n) is 6.28. The Labute approximate surface area is 126 Å². The SMILES string of the molecule is Cc1nc(CN(C)c2ccc(C=CC(=O)O)cc2F)cs1. The van der Waals surface area contributed by atoms with Crippen LogP contribution < -0.4 is 4.90 Å². The van der Waals surface area contributed by atoms with Crippen molar-refractivity contribution in [1.29, 1.82) is 0 Å². The summed E-state index contributed by atoms with van der Waals surface area (Å²) in [5.41, 5.74) is 1.86. The van der Waals surface area contributed by atoms with Gasteiger partial charge in [0, 0.05) is 18.5 Å². The Morgan fingerprint density at radius 3 is 2.86 bits per heavy atom. The first kappa shape index (κ1) is 15.2. The van der Waals surface area contributed by atoms with Crippen molar-refractivity contribution in [1.82, 2.24) is 4.98 Å². The highest BCUT2D eigenvalue weighted by Crippen LogP contribution is 2.22. The Morgan fingerprint density at radius 1 is 1.52 bits per heavy atom. The highest BCUT2D eigenvalue weighted by Gasteiger charge is 2.10. The van der Waals surface area contributed by atoms with Crippen molar-refractivity contribution in [2.75, 3.05) is 11.9 Å². The van der Waals surface area contributed by atoms with Gasteiger partial charge < -0.3 is 10.0 Å². The van der Waals surface area contributed by atoms with E-state index >= 15 is 0 Å². The van der Waals surface area contributed by atoms with Gasteiger partial charge in [0.15, 0.2) is 0 Å². The lowest BCUT2D eigenvalue weighted by molar-refractivity contribution is -0.131. The van der Waals surface area contributed by atoms with E-state index in [1.165, 1.54) is 12.1 Å². The molecule has 0 saturated heterocycles. The fourth-order valence-electron chi connectivity index (χ4n) is 1.91. The van der Waals surface area contributed by atoms with Crippen LogP contribution in [-0.2, 0) is 11.3 Å². The number of carbonyl (C=O) groups is 1. The fraction of sp³-hybridized carbons (Fsp3) is 0.200. The summed E-state index contributed by atoms with van der Waals surface area (Å²) in [6, 6.07) is 4.63. The molecule has 1 N–H and O–H groups in total. The monoisotopic (exact) mass is 306 g/mol. The van der Waals surface area contributed by atoms with E-state index in [2.05, 4.69) is 4.98 Å². The number of nitrogens with zero attached hydrogens (tertiary/aromatic N) is 2. The Kier molecular flexibility index (Phi) is 4.70. The molecular formula is C15H15FN2O2S. The molecule has 2 rings (SSSR count). The van der Waals surface area contributed by atoms with Crippen molar-refractivity contribution in [2.24, 2.45) is 0 Å². The van der Waals surface area contributed by atoms with E-state index in [1.54, 1.807) is 35.4 Å². The second kappa shape index (κ2) is 6.49. The molecule has 0 amide bonds. The van der Waals surface area contributed by atoms with Crippen molar-refractivity contribution in [3.63, 3.8) is 0 Å². The van der Waals surface area contributed by atoms with Crippen LogP contribution in [0.25, 0.3) is 6.08 Å². The molecular weight excluding hydrogens is 291 g/mol. The normalized spacial score (nSPS) is 11.0. The standard InChI is InChI=1S/C15H15FN2O2S/c1-10-17-12(9-21-10)8-18(2)14-5-3-11(7-13(14)16)4-6-15(19)20/h3-7,9H,8H2,1-2H3,(H,19,20). The maximum atomic E-state index is 14.1. The molecule has 1 heterocycles. The number of aliphatic carboxylic acids is 1. The van der Waals surface area contributed by atoms with E-state index in [0.717, 1.165) is 16.8 Å². The lowest BCUT2D eigenvalue weighted by Gasteiger charge is -2.19. The van der Waals surface area contributed by atoms with Crippen LogP contribution in [0.15, 0.2) is 29.7 Å². The highest BCUT2D eigenvalue weighted by molar-refractivity contribution is 7.09. The van der Waals surface area contributed by atoms with Gasteiger partial charge in [-0.15, -0.1) is 11.3 Å². The summed E-state index contributed by atoms with van der Waals surface area (Å²) in [5, 5.41) is 11.5. The summed E-state index contributed by atoms with van der Waals surface area (Å²) < 4.78 is 14.1. The molecule has 0 unspecified atom stereocenters. The van der Waals surface area contributed by atoms with E-state index in [1.807, 2.05) is 12.3 Å². The van der Waals surface area contributed by atoms with Crippen LogP contribution in [0.1, 0.15) is 16.3 Å². The second-order valence-electron chi connectivity index (χ2n) is 4.60. The van der Waals surface area contributed by atoms with Crippen LogP contribution in [0.3, 0.4) is 0 Å². The van der Waals surface area contributed by atoms with Crippen molar-refractivity contribution >= 4 is 29.1 Å². The molecule has 6 heteroatoms. The molecule has 1 aromatic heterocycles. The Balaban J connectivity index is 2.14. The summed E-state index contributed by atoms with van der Waals surface area (Å²) in [7, 11) is 1.79. The average molecular weight is 306 g/mol. The van der Waals surface area contributed by atoms with Crippen molar-refractivity contribution in [3.8, 4) is 0 Å².